The summed E-state index contributed by atoms with van der Waals surface area (Å²) in [5, 5.41) is 7.56. The molecule has 4 rings (SSSR count). The van der Waals surface area contributed by atoms with Crippen molar-refractivity contribution in [3.63, 3.8) is 0 Å². The van der Waals surface area contributed by atoms with Crippen LogP contribution in [-0.4, -0.2) is 20.7 Å². The summed E-state index contributed by atoms with van der Waals surface area (Å²) >= 11 is 0. The third-order valence-electron chi connectivity index (χ3n) is 4.78. The van der Waals surface area contributed by atoms with Crippen LogP contribution in [0.2, 0.25) is 0 Å². The molecule has 0 aliphatic carbocycles. The minimum atomic E-state index is -0.196. The molecule has 2 aromatic heterocycles. The van der Waals surface area contributed by atoms with Crippen LogP contribution in [0.25, 0.3) is 5.69 Å². The Kier molecular flexibility index (Phi) is 5.76. The van der Waals surface area contributed by atoms with Crippen LogP contribution in [0, 0.1) is 0 Å². The van der Waals surface area contributed by atoms with Gasteiger partial charge in [0.05, 0.1) is 17.9 Å². The van der Waals surface area contributed by atoms with E-state index < -0.39 is 0 Å². The van der Waals surface area contributed by atoms with Gasteiger partial charge in [-0.05, 0) is 47.4 Å². The number of nitrogens with zero attached hydrogens (tertiary/aromatic N) is 3. The minimum Gasteiger partial charge on any atom is -0.345 e. The first-order chi connectivity index (χ1) is 14.3. The van der Waals surface area contributed by atoms with Crippen molar-refractivity contribution in [1.82, 2.24) is 20.1 Å². The van der Waals surface area contributed by atoms with Crippen LogP contribution in [-0.2, 0) is 11.2 Å². The highest BCUT2D eigenvalue weighted by molar-refractivity contribution is 5.77. The summed E-state index contributed by atoms with van der Waals surface area (Å²) in [6.07, 6.45) is 8.31. The standard InChI is InChI=1S/C24H22N4O/c29-23(12-11-19-17-26-28(18-19)22-9-5-2-6-10-22)27-24(20-7-3-1-4-8-20)21-13-15-25-16-14-21/h1-10,13-18,24H,11-12H2,(H,27,29). The number of carbonyl (C=O) groups is 1. The molecule has 1 unspecified atom stereocenters. The van der Waals surface area contributed by atoms with E-state index >= 15 is 0 Å². The van der Waals surface area contributed by atoms with Gasteiger partial charge in [-0.2, -0.15) is 5.10 Å². The molecule has 144 valence electrons. The van der Waals surface area contributed by atoms with E-state index in [-0.39, 0.29) is 11.9 Å². The van der Waals surface area contributed by atoms with E-state index in [9.17, 15) is 4.79 Å². The Bertz CT molecular complexity index is 1010. The second kappa shape index (κ2) is 8.97. The van der Waals surface area contributed by atoms with E-state index in [1.807, 2.05) is 89.9 Å². The fourth-order valence-corrected chi connectivity index (χ4v) is 3.26. The maximum atomic E-state index is 12.7. The number of hydrogen-bond acceptors (Lipinski definition) is 3. The fourth-order valence-electron chi connectivity index (χ4n) is 3.26. The van der Waals surface area contributed by atoms with Crippen LogP contribution >= 0.6 is 0 Å². The van der Waals surface area contributed by atoms with Crippen molar-refractivity contribution in [2.45, 2.75) is 18.9 Å². The summed E-state index contributed by atoms with van der Waals surface area (Å²) in [6.45, 7) is 0. The van der Waals surface area contributed by atoms with Crippen molar-refractivity contribution in [2.75, 3.05) is 0 Å². The van der Waals surface area contributed by atoms with E-state index in [2.05, 4.69) is 15.4 Å². The molecule has 0 saturated carbocycles. The molecule has 0 spiro atoms. The third-order valence-corrected chi connectivity index (χ3v) is 4.78. The largest absolute Gasteiger partial charge is 0.345 e. The predicted molar refractivity (Wildman–Crippen MR) is 113 cm³/mol. The molecule has 0 saturated heterocycles. The first kappa shape index (κ1) is 18.6. The van der Waals surface area contributed by atoms with Crippen LogP contribution in [0.3, 0.4) is 0 Å². The number of benzene rings is 2. The molecule has 0 bridgehead atoms. The van der Waals surface area contributed by atoms with Gasteiger partial charge in [0.2, 0.25) is 5.91 Å². The summed E-state index contributed by atoms with van der Waals surface area (Å²) in [4.78, 5) is 16.8. The monoisotopic (exact) mass is 382 g/mol. The van der Waals surface area contributed by atoms with Crippen LogP contribution < -0.4 is 5.32 Å². The molecular formula is C24H22N4O. The molecule has 5 heteroatoms. The third kappa shape index (κ3) is 4.76. The summed E-state index contributed by atoms with van der Waals surface area (Å²) < 4.78 is 1.83. The first-order valence-electron chi connectivity index (χ1n) is 9.63. The van der Waals surface area contributed by atoms with Gasteiger partial charge in [0.25, 0.3) is 0 Å². The Hall–Kier alpha value is -3.73. The van der Waals surface area contributed by atoms with Gasteiger partial charge < -0.3 is 5.32 Å². The van der Waals surface area contributed by atoms with Gasteiger partial charge in [0.1, 0.15) is 0 Å². The summed E-state index contributed by atoms with van der Waals surface area (Å²) in [6, 6.07) is 23.6. The zero-order valence-electron chi connectivity index (χ0n) is 16.0. The average Bonchev–Trinajstić information content (AvgIpc) is 3.27. The Morgan fingerprint density at radius 1 is 0.897 bits per heavy atom. The van der Waals surface area contributed by atoms with Gasteiger partial charge in [-0.15, -0.1) is 0 Å². The van der Waals surface area contributed by atoms with E-state index in [0.717, 1.165) is 22.4 Å². The molecule has 1 N–H and O–H groups in total. The number of aryl methyl sites for hydroxylation is 1. The summed E-state index contributed by atoms with van der Waals surface area (Å²) in [5.74, 6) is 0.00289. The number of amides is 1. The van der Waals surface area contributed by atoms with Crippen molar-refractivity contribution >= 4 is 5.91 Å². The normalized spacial score (nSPS) is 11.7. The highest BCUT2D eigenvalue weighted by atomic mass is 16.1. The highest BCUT2D eigenvalue weighted by Crippen LogP contribution is 2.21. The number of aromatic nitrogens is 3. The topological polar surface area (TPSA) is 59.8 Å². The molecule has 1 amide bonds. The van der Waals surface area contributed by atoms with E-state index in [1.165, 1.54) is 0 Å². The maximum absolute atomic E-state index is 12.7. The lowest BCUT2D eigenvalue weighted by Gasteiger charge is -2.19. The first-order valence-corrected chi connectivity index (χ1v) is 9.63. The Morgan fingerprint density at radius 2 is 1.55 bits per heavy atom. The smallest absolute Gasteiger partial charge is 0.221 e. The van der Waals surface area contributed by atoms with Crippen LogP contribution in [0.4, 0.5) is 0 Å². The van der Waals surface area contributed by atoms with Crippen molar-refractivity contribution in [3.8, 4) is 5.69 Å². The molecule has 29 heavy (non-hydrogen) atoms. The zero-order chi connectivity index (χ0) is 19.9. The van der Waals surface area contributed by atoms with Crippen LogP contribution in [0.5, 0.6) is 0 Å². The molecular weight excluding hydrogens is 360 g/mol. The van der Waals surface area contributed by atoms with Gasteiger partial charge >= 0.3 is 0 Å². The number of nitrogens with one attached hydrogen (secondary N) is 1. The summed E-state index contributed by atoms with van der Waals surface area (Å²) in [7, 11) is 0. The Morgan fingerprint density at radius 3 is 2.28 bits per heavy atom. The molecule has 1 atom stereocenters. The highest BCUT2D eigenvalue weighted by Gasteiger charge is 2.16. The minimum absolute atomic E-state index is 0.00289. The van der Waals surface area contributed by atoms with Gasteiger partial charge in [-0.3, -0.25) is 9.78 Å². The van der Waals surface area contributed by atoms with Crippen LogP contribution in [0.15, 0.2) is 97.6 Å². The Labute approximate surface area is 170 Å². The molecule has 4 aromatic rings. The average molecular weight is 382 g/mol. The Balaban J connectivity index is 1.42. The molecule has 2 aromatic carbocycles. The number of para-hydroxylation sites is 1. The van der Waals surface area contributed by atoms with Crippen molar-refractivity contribution < 1.29 is 4.79 Å². The SMILES string of the molecule is O=C(CCc1cnn(-c2ccccc2)c1)NC(c1ccccc1)c1ccncc1. The van der Waals surface area contributed by atoms with Gasteiger partial charge in [0, 0.05) is 25.0 Å². The van der Waals surface area contributed by atoms with E-state index in [0.29, 0.717) is 12.8 Å². The molecule has 0 fully saturated rings. The molecule has 2 heterocycles. The second-order valence-corrected chi connectivity index (χ2v) is 6.82. The quantitative estimate of drug-likeness (QED) is 0.523. The lowest BCUT2D eigenvalue weighted by Crippen LogP contribution is -2.29. The summed E-state index contributed by atoms with van der Waals surface area (Å²) in [5.41, 5.74) is 4.09. The predicted octanol–water partition coefficient (Wildman–Crippen LogP) is 4.11. The number of rotatable bonds is 7. The van der Waals surface area contributed by atoms with Gasteiger partial charge in [0.15, 0.2) is 0 Å². The molecule has 5 nitrogen and oxygen atoms in total. The fraction of sp³-hybridized carbons (Fsp3) is 0.125. The van der Waals surface area contributed by atoms with Crippen molar-refractivity contribution in [2.24, 2.45) is 0 Å². The van der Waals surface area contributed by atoms with Gasteiger partial charge in [-0.25, -0.2) is 4.68 Å². The zero-order valence-corrected chi connectivity index (χ0v) is 16.0. The van der Waals surface area contributed by atoms with Crippen molar-refractivity contribution in [1.29, 1.82) is 0 Å². The number of carbonyl (C=O) groups excluding carboxylic acids is 1. The van der Waals surface area contributed by atoms with Crippen LogP contribution in [0.1, 0.15) is 29.2 Å². The van der Waals surface area contributed by atoms with Gasteiger partial charge in [-0.1, -0.05) is 48.5 Å². The van der Waals surface area contributed by atoms with E-state index in [1.54, 1.807) is 12.4 Å². The number of hydrogen-bond donors (Lipinski definition) is 1. The van der Waals surface area contributed by atoms with Crippen molar-refractivity contribution in [3.05, 3.63) is 114 Å². The number of pyridine rings is 1. The second-order valence-electron chi connectivity index (χ2n) is 6.82. The maximum Gasteiger partial charge on any atom is 0.221 e. The molecule has 0 aliphatic rings. The molecule has 0 radical (unpaired) electrons. The lowest BCUT2D eigenvalue weighted by atomic mass is 9.99. The molecule has 0 aliphatic heterocycles. The van der Waals surface area contributed by atoms with E-state index in [4.69, 9.17) is 0 Å². The lowest BCUT2D eigenvalue weighted by molar-refractivity contribution is -0.121.